The van der Waals surface area contributed by atoms with E-state index in [0.29, 0.717) is 0 Å². The molecule has 18 nitrogen and oxygen atoms in total. The molecular weight excluding hydrogens is 504 g/mol. The predicted octanol–water partition coefficient (Wildman–Crippen LogP) is -10.5. The first-order chi connectivity index (χ1) is 16.7. The third kappa shape index (κ3) is 22.5. The Bertz CT molecular complexity index is 399. The zero-order valence-electron chi connectivity index (χ0n) is 19.5. The second kappa shape index (κ2) is 27.3. The van der Waals surface area contributed by atoms with Crippen LogP contribution in [0.15, 0.2) is 0 Å². The highest BCUT2D eigenvalue weighted by Crippen LogP contribution is 2.04. The van der Waals surface area contributed by atoms with Crippen LogP contribution in [0.2, 0.25) is 0 Å². The molecule has 0 aromatic rings. The highest BCUT2D eigenvalue weighted by Gasteiger charge is 2.29. The van der Waals surface area contributed by atoms with Crippen molar-refractivity contribution in [2.45, 2.75) is 61.0 Å². The van der Waals surface area contributed by atoms with Crippen molar-refractivity contribution in [2.24, 2.45) is 0 Å². The summed E-state index contributed by atoms with van der Waals surface area (Å²) >= 11 is 0. The van der Waals surface area contributed by atoms with Crippen LogP contribution in [0.1, 0.15) is 0 Å². The summed E-state index contributed by atoms with van der Waals surface area (Å²) in [6.45, 7) is -4.51. The molecule has 0 aliphatic heterocycles. The van der Waals surface area contributed by atoms with Crippen LogP contribution in [0.25, 0.3) is 0 Å². The molecule has 0 spiro atoms. The zero-order valence-corrected chi connectivity index (χ0v) is 19.5. The van der Waals surface area contributed by atoms with Gasteiger partial charge in [-0.25, -0.2) is 0 Å². The molecule has 0 aliphatic carbocycles. The van der Waals surface area contributed by atoms with Gasteiger partial charge in [0.05, 0.1) is 52.9 Å². The Hall–Kier alpha value is -0.720. The quantitative estimate of drug-likeness (QED) is 0.0957. The summed E-state index contributed by atoms with van der Waals surface area (Å²) in [5, 5.41) is 152. The van der Waals surface area contributed by atoms with E-state index in [1.165, 1.54) is 0 Å². The maximum atomic E-state index is 8.96. The lowest BCUT2D eigenvalue weighted by Crippen LogP contribution is -2.46. The molecular formula is C18H44O18. The van der Waals surface area contributed by atoms with Crippen LogP contribution in [0.3, 0.4) is 0 Å². The van der Waals surface area contributed by atoms with Crippen molar-refractivity contribution < 1.29 is 91.9 Å². The first-order valence-electron chi connectivity index (χ1n) is 10.4. The fourth-order valence-electron chi connectivity index (χ4n) is 1.44. The molecule has 0 amide bonds. The van der Waals surface area contributed by atoms with Crippen LogP contribution in [0.4, 0.5) is 0 Å². The molecule has 0 aromatic heterocycles. The second-order valence-electron chi connectivity index (χ2n) is 6.99. The molecule has 0 aliphatic rings. The Balaban J connectivity index is -0.000000195. The van der Waals surface area contributed by atoms with Crippen LogP contribution < -0.4 is 0 Å². The Morgan fingerprint density at radius 3 is 0.583 bits per heavy atom. The molecule has 224 valence electrons. The van der Waals surface area contributed by atoms with Crippen molar-refractivity contribution in [1.82, 2.24) is 0 Å². The van der Waals surface area contributed by atoms with Gasteiger partial charge in [0.15, 0.2) is 0 Å². The van der Waals surface area contributed by atoms with E-state index in [4.69, 9.17) is 91.9 Å². The topological polar surface area (TPSA) is 364 Å². The molecule has 0 rings (SSSR count). The highest BCUT2D eigenvalue weighted by atomic mass is 16.4. The average molecular weight is 549 g/mol. The minimum Gasteiger partial charge on any atom is -0.394 e. The Morgan fingerprint density at radius 1 is 0.250 bits per heavy atom. The van der Waals surface area contributed by atoms with Gasteiger partial charge >= 0.3 is 0 Å². The van der Waals surface area contributed by atoms with Crippen LogP contribution >= 0.6 is 0 Å². The lowest BCUT2D eigenvalue weighted by Gasteiger charge is -2.24. The van der Waals surface area contributed by atoms with E-state index in [9.17, 15) is 0 Å². The first-order valence-corrected chi connectivity index (χ1v) is 10.4. The molecule has 18 heteroatoms. The Kier molecular flexibility index (Phi) is 32.2. The third-order valence-corrected chi connectivity index (χ3v) is 3.91. The van der Waals surface area contributed by atoms with Gasteiger partial charge in [0.2, 0.25) is 0 Å². The van der Waals surface area contributed by atoms with Crippen molar-refractivity contribution in [3.8, 4) is 0 Å². The smallest absolute Gasteiger partial charge is 0.111 e. The summed E-state index contributed by atoms with van der Waals surface area (Å²) in [4.78, 5) is 0. The van der Waals surface area contributed by atoms with Crippen LogP contribution in [0, 0.1) is 0 Å². The third-order valence-electron chi connectivity index (χ3n) is 3.91. The van der Waals surface area contributed by atoms with Crippen molar-refractivity contribution in [3.63, 3.8) is 0 Å². The van der Waals surface area contributed by atoms with Gasteiger partial charge in [-0.15, -0.1) is 0 Å². The molecule has 0 radical (unpaired) electrons. The standard InChI is InChI=1S/C6H14O6.C5H12O5.C4H10O4.C3H8O3/c7-1-3(9)5(11)6(12)4(10)2-8;6-1-3(8)5(10)4(9)2-7;5-1-3(7)4(8)2-6;4-1-3(6)2-5/h3-12H,1-2H2;3-10H,1-2H2;3-8H,1-2H2;3-6H,1-2H2/t3-,4-,5-,6-;3-,4+,5?;3-,4-;/m1.1./s1. The predicted molar refractivity (Wildman–Crippen MR) is 117 cm³/mol. The fraction of sp³-hybridized carbons (Fsp3) is 1.00. The molecule has 0 saturated carbocycles. The summed E-state index contributed by atoms with van der Waals surface area (Å²) in [7, 11) is 0. The molecule has 0 heterocycles. The maximum Gasteiger partial charge on any atom is 0.111 e. The van der Waals surface area contributed by atoms with E-state index in [2.05, 4.69) is 0 Å². The van der Waals surface area contributed by atoms with E-state index in [1.807, 2.05) is 0 Å². The lowest BCUT2D eigenvalue weighted by atomic mass is 10.0. The zero-order chi connectivity index (χ0) is 29.4. The SMILES string of the molecule is OCC(O)CO.OC[C@@H](O)C(O)[C@@H](O)CO.OC[C@@H](O)[C@@H](O)[C@H](O)[C@H](O)CO.OC[C@@H](O)[C@H](O)CO. The van der Waals surface area contributed by atoms with Crippen molar-refractivity contribution in [2.75, 3.05) is 52.9 Å². The number of rotatable bonds is 14. The first kappa shape index (κ1) is 42.4. The molecule has 18 N–H and O–H groups in total. The van der Waals surface area contributed by atoms with E-state index in [0.717, 1.165) is 0 Å². The average Bonchev–Trinajstić information content (AvgIpc) is 2.93. The van der Waals surface area contributed by atoms with Gasteiger partial charge in [-0.1, -0.05) is 0 Å². The summed E-state index contributed by atoms with van der Waals surface area (Å²) in [5.41, 5.74) is 0. The summed E-state index contributed by atoms with van der Waals surface area (Å²) < 4.78 is 0. The fourth-order valence-corrected chi connectivity index (χ4v) is 1.44. The van der Waals surface area contributed by atoms with E-state index in [1.54, 1.807) is 0 Å². The van der Waals surface area contributed by atoms with Gasteiger partial charge in [0.1, 0.15) is 61.0 Å². The Labute approximate surface area is 206 Å². The largest absolute Gasteiger partial charge is 0.394 e. The molecule has 0 bridgehead atoms. The van der Waals surface area contributed by atoms with Crippen molar-refractivity contribution in [3.05, 3.63) is 0 Å². The molecule has 36 heavy (non-hydrogen) atoms. The maximum absolute atomic E-state index is 8.96. The number of aliphatic hydroxyl groups is 18. The number of aliphatic hydroxyl groups excluding tert-OH is 18. The molecule has 0 aromatic carbocycles. The lowest BCUT2D eigenvalue weighted by molar-refractivity contribution is -0.123. The van der Waals surface area contributed by atoms with Gasteiger partial charge in [0.25, 0.3) is 0 Å². The van der Waals surface area contributed by atoms with Crippen molar-refractivity contribution >= 4 is 0 Å². The van der Waals surface area contributed by atoms with Gasteiger partial charge in [-0.3, -0.25) is 0 Å². The van der Waals surface area contributed by atoms with Crippen LogP contribution in [0.5, 0.6) is 0 Å². The second-order valence-corrected chi connectivity index (χ2v) is 6.99. The summed E-state index contributed by atoms with van der Waals surface area (Å²) in [5.74, 6) is 0. The highest BCUT2D eigenvalue weighted by molar-refractivity contribution is 4.79. The molecule has 9 atom stereocenters. The van der Waals surface area contributed by atoms with E-state index < -0.39 is 101 Å². The molecule has 0 fully saturated rings. The van der Waals surface area contributed by atoms with Gasteiger partial charge in [-0.05, 0) is 0 Å². The van der Waals surface area contributed by atoms with Crippen LogP contribution in [-0.4, -0.2) is 206 Å². The number of hydrogen-bond acceptors (Lipinski definition) is 18. The Morgan fingerprint density at radius 2 is 0.444 bits per heavy atom. The molecule has 0 saturated heterocycles. The minimum absolute atomic E-state index is 0.365. The van der Waals surface area contributed by atoms with Gasteiger partial charge < -0.3 is 91.9 Å². The van der Waals surface area contributed by atoms with Crippen LogP contribution in [-0.2, 0) is 0 Å². The van der Waals surface area contributed by atoms with Crippen molar-refractivity contribution in [1.29, 1.82) is 0 Å². The molecule has 1 unspecified atom stereocenters. The van der Waals surface area contributed by atoms with E-state index >= 15 is 0 Å². The summed E-state index contributed by atoms with van der Waals surface area (Å²) in [6.07, 6.45) is -14.1. The monoisotopic (exact) mass is 548 g/mol. The summed E-state index contributed by atoms with van der Waals surface area (Å²) in [6, 6.07) is 0. The number of hydrogen-bond donors (Lipinski definition) is 18. The van der Waals surface area contributed by atoms with E-state index in [-0.39, 0.29) is 13.2 Å². The van der Waals surface area contributed by atoms with Gasteiger partial charge in [0, 0.05) is 0 Å². The normalized spacial score (nSPS) is 18.4. The van der Waals surface area contributed by atoms with Gasteiger partial charge in [-0.2, -0.15) is 0 Å². The minimum atomic E-state index is -1.67.